The molecule has 134 valence electrons. The van der Waals surface area contributed by atoms with Crippen LogP contribution in [-0.4, -0.2) is 32.3 Å². The third kappa shape index (κ3) is 4.70. The number of amides is 2. The summed E-state index contributed by atoms with van der Waals surface area (Å²) in [7, 11) is 0. The van der Waals surface area contributed by atoms with Crippen LogP contribution in [0.2, 0.25) is 0 Å². The monoisotopic (exact) mass is 387 g/mol. The fourth-order valence-corrected chi connectivity index (χ4v) is 3.74. The molecule has 7 nitrogen and oxygen atoms in total. The first-order valence-electron chi connectivity index (χ1n) is 7.86. The van der Waals surface area contributed by atoms with Gasteiger partial charge in [-0.3, -0.25) is 9.59 Å². The minimum Gasteiger partial charge on any atom is -0.370 e. The number of anilines is 1. The third-order valence-corrected chi connectivity index (χ3v) is 5.26. The van der Waals surface area contributed by atoms with E-state index in [1.54, 1.807) is 0 Å². The summed E-state index contributed by atoms with van der Waals surface area (Å²) >= 11 is 2.81. The predicted molar refractivity (Wildman–Crippen MR) is 103 cm³/mol. The molecule has 2 heterocycles. The molecule has 0 aliphatic carbocycles. The highest BCUT2D eigenvalue weighted by atomic mass is 32.2. The molecule has 3 rings (SSSR count). The van der Waals surface area contributed by atoms with E-state index in [0.29, 0.717) is 17.5 Å². The Balaban J connectivity index is 1.70. The quantitative estimate of drug-likeness (QED) is 0.578. The molecule has 2 aromatic heterocycles. The molecular formula is C17H17N5O2S2. The molecule has 2 amide bonds. The molecule has 0 unspecified atom stereocenters. The number of hydrogen-bond acceptors (Lipinski definition) is 6. The van der Waals surface area contributed by atoms with E-state index in [2.05, 4.69) is 15.5 Å². The van der Waals surface area contributed by atoms with Crippen LogP contribution >= 0.6 is 23.1 Å². The van der Waals surface area contributed by atoms with E-state index in [9.17, 15) is 9.59 Å². The van der Waals surface area contributed by atoms with Gasteiger partial charge in [-0.2, -0.15) is 0 Å². The zero-order valence-electron chi connectivity index (χ0n) is 13.8. The van der Waals surface area contributed by atoms with Crippen LogP contribution in [0, 0.1) is 0 Å². The minimum atomic E-state index is -0.395. The average molecular weight is 387 g/mol. The van der Waals surface area contributed by atoms with Crippen LogP contribution in [0.1, 0.15) is 6.42 Å². The van der Waals surface area contributed by atoms with Crippen molar-refractivity contribution in [1.82, 2.24) is 14.8 Å². The van der Waals surface area contributed by atoms with Crippen molar-refractivity contribution in [3.05, 3.63) is 47.8 Å². The van der Waals surface area contributed by atoms with Crippen molar-refractivity contribution in [2.75, 3.05) is 11.1 Å². The van der Waals surface area contributed by atoms with Crippen LogP contribution in [-0.2, 0) is 16.1 Å². The molecule has 0 atom stereocenters. The van der Waals surface area contributed by atoms with E-state index in [1.807, 2.05) is 52.4 Å². The zero-order chi connectivity index (χ0) is 18.4. The lowest BCUT2D eigenvalue weighted by molar-refractivity contribution is -0.118. The second-order valence-corrected chi connectivity index (χ2v) is 7.24. The number of hydrogen-bond donors (Lipinski definition) is 2. The van der Waals surface area contributed by atoms with Crippen molar-refractivity contribution in [2.45, 2.75) is 18.1 Å². The number of thioether (sulfide) groups is 1. The van der Waals surface area contributed by atoms with E-state index in [1.165, 1.54) is 23.1 Å². The maximum absolute atomic E-state index is 12.1. The summed E-state index contributed by atoms with van der Waals surface area (Å²) in [6.45, 7) is 0.373. The van der Waals surface area contributed by atoms with E-state index in [-0.39, 0.29) is 18.1 Å². The number of benzene rings is 1. The van der Waals surface area contributed by atoms with Gasteiger partial charge in [-0.15, -0.1) is 21.5 Å². The lowest BCUT2D eigenvalue weighted by atomic mass is 10.3. The molecule has 0 fully saturated rings. The molecule has 0 radical (unpaired) electrons. The van der Waals surface area contributed by atoms with Crippen LogP contribution in [0.3, 0.4) is 0 Å². The van der Waals surface area contributed by atoms with Crippen molar-refractivity contribution in [1.29, 1.82) is 0 Å². The Morgan fingerprint density at radius 1 is 1.15 bits per heavy atom. The molecule has 26 heavy (non-hydrogen) atoms. The van der Waals surface area contributed by atoms with Crippen molar-refractivity contribution >= 4 is 40.6 Å². The van der Waals surface area contributed by atoms with E-state index >= 15 is 0 Å². The number of aromatic nitrogens is 3. The smallest absolute Gasteiger partial charge is 0.234 e. The van der Waals surface area contributed by atoms with E-state index in [4.69, 9.17) is 5.73 Å². The largest absolute Gasteiger partial charge is 0.370 e. The Hall–Kier alpha value is -2.65. The minimum absolute atomic E-state index is 0.136. The van der Waals surface area contributed by atoms with Crippen LogP contribution < -0.4 is 11.1 Å². The maximum Gasteiger partial charge on any atom is 0.234 e. The molecule has 0 saturated carbocycles. The summed E-state index contributed by atoms with van der Waals surface area (Å²) in [6, 6.07) is 13.1. The Labute approximate surface area is 158 Å². The van der Waals surface area contributed by atoms with Gasteiger partial charge in [-0.1, -0.05) is 36.0 Å². The van der Waals surface area contributed by atoms with Gasteiger partial charge < -0.3 is 15.6 Å². The van der Waals surface area contributed by atoms with Gasteiger partial charge in [-0.25, -0.2) is 0 Å². The zero-order valence-corrected chi connectivity index (χ0v) is 15.4. The van der Waals surface area contributed by atoms with Gasteiger partial charge >= 0.3 is 0 Å². The van der Waals surface area contributed by atoms with Crippen molar-refractivity contribution in [2.24, 2.45) is 5.73 Å². The fourth-order valence-electron chi connectivity index (χ4n) is 2.26. The van der Waals surface area contributed by atoms with Crippen molar-refractivity contribution < 1.29 is 9.59 Å². The summed E-state index contributed by atoms with van der Waals surface area (Å²) < 4.78 is 1.83. The van der Waals surface area contributed by atoms with Gasteiger partial charge in [0.25, 0.3) is 0 Å². The molecule has 0 saturated heterocycles. The molecule has 0 aliphatic heterocycles. The van der Waals surface area contributed by atoms with Gasteiger partial charge in [0.05, 0.1) is 10.6 Å². The Kier molecular flexibility index (Phi) is 6.03. The highest BCUT2D eigenvalue weighted by molar-refractivity contribution is 7.99. The lowest BCUT2D eigenvalue weighted by Crippen LogP contribution is -2.16. The number of para-hydroxylation sites is 1. The molecule has 0 spiro atoms. The summed E-state index contributed by atoms with van der Waals surface area (Å²) in [5, 5.41) is 13.8. The first-order chi connectivity index (χ1) is 12.6. The average Bonchev–Trinajstić information content (AvgIpc) is 3.28. The number of nitrogens with two attached hydrogens (primary N) is 1. The second kappa shape index (κ2) is 8.63. The molecule has 3 N–H and O–H groups in total. The number of rotatable bonds is 8. The Morgan fingerprint density at radius 2 is 1.96 bits per heavy atom. The maximum atomic E-state index is 12.1. The number of thiophene rings is 1. The van der Waals surface area contributed by atoms with Crippen molar-refractivity contribution in [3.63, 3.8) is 0 Å². The number of carbonyl (C=O) groups excluding carboxylic acids is 2. The summed E-state index contributed by atoms with van der Waals surface area (Å²) in [6.07, 6.45) is 0.181. The highest BCUT2D eigenvalue weighted by Gasteiger charge is 2.17. The number of nitrogens with one attached hydrogen (secondary N) is 1. The Bertz CT molecular complexity index is 878. The highest BCUT2D eigenvalue weighted by Crippen LogP contribution is 2.27. The number of primary amides is 1. The predicted octanol–water partition coefficient (Wildman–Crippen LogP) is 2.61. The van der Waals surface area contributed by atoms with Crippen molar-refractivity contribution in [3.8, 4) is 10.7 Å². The van der Waals surface area contributed by atoms with Crippen LogP contribution in [0.25, 0.3) is 10.7 Å². The first-order valence-corrected chi connectivity index (χ1v) is 9.73. The summed E-state index contributed by atoms with van der Waals surface area (Å²) in [5.74, 6) is 0.331. The van der Waals surface area contributed by atoms with E-state index in [0.717, 1.165) is 10.6 Å². The second-order valence-electron chi connectivity index (χ2n) is 5.35. The van der Waals surface area contributed by atoms with Gasteiger partial charge in [0.1, 0.15) is 0 Å². The summed E-state index contributed by atoms with van der Waals surface area (Å²) in [5.41, 5.74) is 6.02. The summed E-state index contributed by atoms with van der Waals surface area (Å²) in [4.78, 5) is 24.3. The molecule has 9 heteroatoms. The van der Waals surface area contributed by atoms with Gasteiger partial charge in [0, 0.05) is 18.7 Å². The number of nitrogens with zero attached hydrogens (tertiary/aromatic N) is 3. The van der Waals surface area contributed by atoms with Crippen LogP contribution in [0.15, 0.2) is 53.0 Å². The third-order valence-electron chi connectivity index (χ3n) is 3.43. The number of carbonyl (C=O) groups is 2. The topological polar surface area (TPSA) is 103 Å². The molecule has 0 bridgehead atoms. The molecular weight excluding hydrogens is 370 g/mol. The first kappa shape index (κ1) is 18.2. The Morgan fingerprint density at radius 3 is 2.65 bits per heavy atom. The van der Waals surface area contributed by atoms with Gasteiger partial charge in [0.2, 0.25) is 11.8 Å². The lowest BCUT2D eigenvalue weighted by Gasteiger charge is -2.08. The standard InChI is InChI=1S/C17H17N5O2S2/c18-14(23)8-9-22-16(13-7-4-10-25-13)20-21-17(22)26-11-15(24)19-12-5-2-1-3-6-12/h1-7,10H,8-9,11H2,(H2,18,23)(H,19,24). The van der Waals surface area contributed by atoms with E-state index < -0.39 is 5.91 Å². The molecule has 3 aromatic rings. The van der Waals surface area contributed by atoms with Crippen LogP contribution in [0.4, 0.5) is 5.69 Å². The van der Waals surface area contributed by atoms with Gasteiger partial charge in [-0.05, 0) is 23.6 Å². The fraction of sp³-hybridized carbons (Fsp3) is 0.176. The molecule has 1 aromatic carbocycles. The SMILES string of the molecule is NC(=O)CCn1c(SCC(=O)Nc2ccccc2)nnc1-c1cccs1. The normalized spacial score (nSPS) is 10.6. The van der Waals surface area contributed by atoms with Crippen LogP contribution in [0.5, 0.6) is 0 Å². The molecule has 0 aliphatic rings. The van der Waals surface area contributed by atoms with Gasteiger partial charge in [0.15, 0.2) is 11.0 Å².